The maximum absolute atomic E-state index is 10.5. The normalized spacial score (nSPS) is 20.6. The van der Waals surface area contributed by atoms with E-state index in [1.165, 1.54) is 0 Å². The zero-order chi connectivity index (χ0) is 14.1. The first-order valence-corrected chi connectivity index (χ1v) is 7.25. The fourth-order valence-electron chi connectivity index (χ4n) is 2.98. The summed E-state index contributed by atoms with van der Waals surface area (Å²) >= 11 is 0. The highest BCUT2D eigenvalue weighted by Crippen LogP contribution is 2.46. The van der Waals surface area contributed by atoms with Crippen LogP contribution in [0.4, 0.5) is 0 Å². The number of aliphatic hydroxyl groups is 1. The monoisotopic (exact) mass is 270 g/mol. The van der Waals surface area contributed by atoms with Gasteiger partial charge in [-0.1, -0.05) is 56.2 Å². The Morgan fingerprint density at radius 2 is 1.85 bits per heavy atom. The quantitative estimate of drug-likeness (QED) is 0.820. The van der Waals surface area contributed by atoms with Crippen molar-refractivity contribution in [2.45, 2.75) is 38.3 Å². The van der Waals surface area contributed by atoms with Crippen LogP contribution in [0.15, 0.2) is 36.4 Å². The molecule has 0 bridgehead atoms. The van der Waals surface area contributed by atoms with Crippen molar-refractivity contribution in [3.63, 3.8) is 0 Å². The van der Waals surface area contributed by atoms with E-state index in [4.69, 9.17) is 4.65 Å². The molecule has 2 atom stereocenters. The molecule has 0 aliphatic heterocycles. The van der Waals surface area contributed by atoms with Gasteiger partial charge in [0.1, 0.15) is 6.10 Å². The van der Waals surface area contributed by atoms with Gasteiger partial charge in [0.15, 0.2) is 0 Å². The largest absolute Gasteiger partial charge is 0.454 e. The maximum atomic E-state index is 10.5. The Kier molecular flexibility index (Phi) is 3.79. The second-order valence-electron chi connectivity index (χ2n) is 5.39. The second-order valence-corrected chi connectivity index (χ2v) is 5.39. The summed E-state index contributed by atoms with van der Waals surface area (Å²) in [7, 11) is -0.820. The molecule has 2 N–H and O–H groups in total. The van der Waals surface area contributed by atoms with E-state index in [0.29, 0.717) is 6.32 Å². The lowest BCUT2D eigenvalue weighted by molar-refractivity contribution is 0.0288. The van der Waals surface area contributed by atoms with E-state index in [1.807, 2.05) is 36.4 Å². The van der Waals surface area contributed by atoms with Gasteiger partial charge in [0.2, 0.25) is 0 Å². The highest BCUT2D eigenvalue weighted by Gasteiger charge is 2.35. The fourth-order valence-corrected chi connectivity index (χ4v) is 2.98. The highest BCUT2D eigenvalue weighted by molar-refractivity contribution is 6.42. The Bertz CT molecular complexity index is 608. The van der Waals surface area contributed by atoms with Crippen molar-refractivity contribution in [1.29, 1.82) is 0 Å². The molecule has 0 saturated carbocycles. The molecule has 0 saturated heterocycles. The molecule has 1 aliphatic rings. The SMILES string of the molecule is CCCCB(O)O[C@H]1c2cccc3cccc(c23)[C@H]1O. The molecule has 0 spiro atoms. The summed E-state index contributed by atoms with van der Waals surface area (Å²) in [6, 6.07) is 11.9. The van der Waals surface area contributed by atoms with Crippen molar-refractivity contribution < 1.29 is 14.8 Å². The molecular weight excluding hydrogens is 251 g/mol. The molecule has 0 fully saturated rings. The van der Waals surface area contributed by atoms with E-state index in [9.17, 15) is 10.1 Å². The summed E-state index contributed by atoms with van der Waals surface area (Å²) in [5, 5.41) is 22.6. The van der Waals surface area contributed by atoms with Crippen LogP contribution in [0.2, 0.25) is 6.32 Å². The molecule has 4 heteroatoms. The van der Waals surface area contributed by atoms with Crippen LogP contribution in [-0.2, 0) is 4.65 Å². The van der Waals surface area contributed by atoms with Crippen LogP contribution < -0.4 is 0 Å². The molecule has 2 aromatic carbocycles. The van der Waals surface area contributed by atoms with Crippen molar-refractivity contribution in [2.24, 2.45) is 0 Å². The third kappa shape index (κ3) is 2.24. The van der Waals surface area contributed by atoms with Gasteiger partial charge in [0.25, 0.3) is 0 Å². The highest BCUT2D eigenvalue weighted by atomic mass is 16.5. The molecule has 2 aromatic rings. The van der Waals surface area contributed by atoms with Gasteiger partial charge in [-0.3, -0.25) is 0 Å². The summed E-state index contributed by atoms with van der Waals surface area (Å²) in [5.41, 5.74) is 1.87. The molecule has 3 nitrogen and oxygen atoms in total. The lowest BCUT2D eigenvalue weighted by Gasteiger charge is -2.20. The number of aliphatic hydroxyl groups excluding tert-OH is 1. The molecule has 0 unspecified atom stereocenters. The maximum Gasteiger partial charge on any atom is 0.454 e. The van der Waals surface area contributed by atoms with Gasteiger partial charge in [-0.05, 0) is 28.2 Å². The van der Waals surface area contributed by atoms with E-state index in [1.54, 1.807) is 0 Å². The molecular formula is C16H19BO3. The molecule has 104 valence electrons. The van der Waals surface area contributed by atoms with Crippen LogP contribution in [0.5, 0.6) is 0 Å². The van der Waals surface area contributed by atoms with Crippen molar-refractivity contribution in [3.05, 3.63) is 47.5 Å². The number of rotatable bonds is 5. The summed E-state index contributed by atoms with van der Waals surface area (Å²) in [5.74, 6) is 0. The molecule has 3 rings (SSSR count). The molecule has 20 heavy (non-hydrogen) atoms. The predicted molar refractivity (Wildman–Crippen MR) is 80.4 cm³/mol. The van der Waals surface area contributed by atoms with E-state index in [2.05, 4.69) is 6.92 Å². The van der Waals surface area contributed by atoms with Crippen LogP contribution in [0.1, 0.15) is 43.1 Å². The number of hydrogen-bond acceptors (Lipinski definition) is 3. The van der Waals surface area contributed by atoms with Crippen molar-refractivity contribution in [3.8, 4) is 0 Å². The van der Waals surface area contributed by atoms with Gasteiger partial charge in [-0.15, -0.1) is 0 Å². The van der Waals surface area contributed by atoms with Crippen LogP contribution in [0, 0.1) is 0 Å². The summed E-state index contributed by atoms with van der Waals surface area (Å²) in [4.78, 5) is 0. The Balaban J connectivity index is 1.90. The Hall–Kier alpha value is -1.36. The van der Waals surface area contributed by atoms with Crippen molar-refractivity contribution >= 4 is 17.9 Å². The topological polar surface area (TPSA) is 49.7 Å². The number of hydrogen-bond donors (Lipinski definition) is 2. The fraction of sp³-hybridized carbons (Fsp3) is 0.375. The summed E-state index contributed by atoms with van der Waals surface area (Å²) in [6.45, 7) is 2.08. The van der Waals surface area contributed by atoms with Gasteiger partial charge in [0.05, 0.1) is 6.10 Å². The van der Waals surface area contributed by atoms with Gasteiger partial charge < -0.3 is 14.8 Å². The Labute approximate surface area is 119 Å². The van der Waals surface area contributed by atoms with Crippen LogP contribution >= 0.6 is 0 Å². The standard InChI is InChI=1S/C16H19BO3/c1-2-3-10-17(19)20-16-13-9-5-7-11-6-4-8-12(14(11)13)15(16)18/h4-9,15-16,18-19H,2-3,10H2,1H3/t15-,16+/m1/s1. The minimum absolute atomic E-state index is 0.469. The first-order chi connectivity index (χ1) is 9.72. The van der Waals surface area contributed by atoms with Gasteiger partial charge in [0, 0.05) is 0 Å². The zero-order valence-electron chi connectivity index (χ0n) is 11.6. The Morgan fingerprint density at radius 3 is 2.55 bits per heavy atom. The van der Waals surface area contributed by atoms with Crippen LogP contribution in [0.25, 0.3) is 10.8 Å². The smallest absolute Gasteiger partial charge is 0.427 e. The van der Waals surface area contributed by atoms with Crippen LogP contribution in [-0.4, -0.2) is 17.2 Å². The third-order valence-electron chi connectivity index (χ3n) is 3.99. The van der Waals surface area contributed by atoms with E-state index < -0.39 is 19.3 Å². The number of unbranched alkanes of at least 4 members (excludes halogenated alkanes) is 1. The molecule has 0 amide bonds. The van der Waals surface area contributed by atoms with Gasteiger partial charge >= 0.3 is 7.12 Å². The molecule has 0 radical (unpaired) electrons. The minimum Gasteiger partial charge on any atom is -0.427 e. The summed E-state index contributed by atoms with van der Waals surface area (Å²) < 4.78 is 5.70. The predicted octanol–water partition coefficient (Wildman–Crippen LogP) is 3.23. The minimum atomic E-state index is -0.820. The summed E-state index contributed by atoms with van der Waals surface area (Å²) in [6.07, 6.45) is 1.37. The van der Waals surface area contributed by atoms with E-state index in [0.717, 1.165) is 34.7 Å². The van der Waals surface area contributed by atoms with E-state index >= 15 is 0 Å². The zero-order valence-corrected chi connectivity index (χ0v) is 11.6. The van der Waals surface area contributed by atoms with Gasteiger partial charge in [-0.2, -0.15) is 0 Å². The van der Waals surface area contributed by atoms with Gasteiger partial charge in [-0.25, -0.2) is 0 Å². The first-order valence-electron chi connectivity index (χ1n) is 7.25. The second kappa shape index (κ2) is 5.56. The molecule has 1 aliphatic carbocycles. The first kappa shape index (κ1) is 13.6. The molecule has 0 heterocycles. The van der Waals surface area contributed by atoms with E-state index in [-0.39, 0.29) is 0 Å². The van der Waals surface area contributed by atoms with Crippen molar-refractivity contribution in [2.75, 3.05) is 0 Å². The third-order valence-corrected chi connectivity index (χ3v) is 3.99. The van der Waals surface area contributed by atoms with Crippen molar-refractivity contribution in [1.82, 2.24) is 0 Å². The lowest BCUT2D eigenvalue weighted by Crippen LogP contribution is -2.22. The van der Waals surface area contributed by atoms with Crippen LogP contribution in [0.3, 0.4) is 0 Å². The Morgan fingerprint density at radius 1 is 1.15 bits per heavy atom. The molecule has 0 aromatic heterocycles. The number of benzene rings is 2. The lowest BCUT2D eigenvalue weighted by atomic mass is 9.82. The average Bonchev–Trinajstić information content (AvgIpc) is 2.73. The average molecular weight is 270 g/mol.